The predicted octanol–water partition coefficient (Wildman–Crippen LogP) is 2.66. The Morgan fingerprint density at radius 2 is 1.89 bits per heavy atom. The molecular formula is C20H19BF3NO3. The first-order chi connectivity index (χ1) is 13.3. The smallest absolute Gasteiger partial charge is 0.423 e. The second-order valence-electron chi connectivity index (χ2n) is 7.36. The molecule has 1 saturated carbocycles. The molecule has 1 aliphatic carbocycles. The number of alkyl halides is 3. The van der Waals surface area contributed by atoms with Crippen molar-refractivity contribution < 1.29 is 27.6 Å². The van der Waals surface area contributed by atoms with E-state index in [1.54, 1.807) is 0 Å². The molecule has 1 amide bonds. The summed E-state index contributed by atoms with van der Waals surface area (Å²) in [5, 5.41) is 12.9. The summed E-state index contributed by atoms with van der Waals surface area (Å²) in [6, 6.07) is 10.6. The Bertz CT molecular complexity index is 895. The highest BCUT2D eigenvalue weighted by atomic mass is 19.4. The highest BCUT2D eigenvalue weighted by Crippen LogP contribution is 2.46. The van der Waals surface area contributed by atoms with E-state index in [2.05, 4.69) is 5.32 Å². The molecule has 4 rings (SSSR count). The largest absolute Gasteiger partial charge is 0.492 e. The summed E-state index contributed by atoms with van der Waals surface area (Å²) in [4.78, 5) is 12.5. The molecule has 4 nitrogen and oxygen atoms in total. The molecule has 0 saturated heterocycles. The van der Waals surface area contributed by atoms with Gasteiger partial charge in [0.05, 0.1) is 17.7 Å². The van der Waals surface area contributed by atoms with E-state index >= 15 is 0 Å². The Balaban J connectivity index is 1.40. The summed E-state index contributed by atoms with van der Waals surface area (Å²) in [5.74, 6) is -0.164. The number of aryl methyl sites for hydroxylation is 1. The van der Waals surface area contributed by atoms with E-state index in [1.165, 1.54) is 12.1 Å². The van der Waals surface area contributed by atoms with Gasteiger partial charge in [0.25, 0.3) is 0 Å². The van der Waals surface area contributed by atoms with Gasteiger partial charge in [-0.2, -0.15) is 13.2 Å². The monoisotopic (exact) mass is 389 g/mol. The van der Waals surface area contributed by atoms with E-state index in [9.17, 15) is 23.0 Å². The first-order valence-electron chi connectivity index (χ1n) is 9.18. The highest BCUT2D eigenvalue weighted by Gasteiger charge is 2.46. The van der Waals surface area contributed by atoms with Crippen LogP contribution in [0.1, 0.15) is 41.5 Å². The zero-order valence-electron chi connectivity index (χ0n) is 15.1. The van der Waals surface area contributed by atoms with Crippen LogP contribution in [0, 0.1) is 0 Å². The van der Waals surface area contributed by atoms with E-state index in [-0.39, 0.29) is 12.3 Å². The SMILES string of the molecule is O=C(CCc1cccc2c1B(O)OC2)NC1(c2ccc(C(F)(F)F)cc2)CC1. The number of hydrogen-bond donors (Lipinski definition) is 2. The Hall–Kier alpha value is -2.32. The molecule has 0 aromatic heterocycles. The van der Waals surface area contributed by atoms with Gasteiger partial charge in [-0.3, -0.25) is 4.79 Å². The fraction of sp³-hybridized carbons (Fsp3) is 0.350. The molecule has 2 aliphatic rings. The molecule has 8 heteroatoms. The average molecular weight is 389 g/mol. The molecule has 2 aromatic rings. The molecule has 1 aliphatic heterocycles. The number of fused-ring (bicyclic) bond motifs is 1. The van der Waals surface area contributed by atoms with Crippen LogP contribution >= 0.6 is 0 Å². The van der Waals surface area contributed by atoms with Crippen LogP contribution in [0.4, 0.5) is 13.2 Å². The molecule has 0 spiro atoms. The van der Waals surface area contributed by atoms with Crippen LogP contribution in [0.2, 0.25) is 0 Å². The molecule has 2 N–H and O–H groups in total. The highest BCUT2D eigenvalue weighted by molar-refractivity contribution is 6.62. The number of benzene rings is 2. The molecule has 0 bridgehead atoms. The van der Waals surface area contributed by atoms with Gasteiger partial charge in [0.2, 0.25) is 5.91 Å². The molecule has 1 heterocycles. The molecule has 2 aromatic carbocycles. The molecule has 0 atom stereocenters. The third-order valence-corrected chi connectivity index (χ3v) is 5.45. The number of halogens is 3. The summed E-state index contributed by atoms with van der Waals surface area (Å²) in [6.45, 7) is 0.355. The van der Waals surface area contributed by atoms with Crippen molar-refractivity contribution in [2.45, 2.75) is 44.0 Å². The van der Waals surface area contributed by atoms with E-state index in [1.807, 2.05) is 18.2 Å². The molecule has 0 radical (unpaired) electrons. The quantitative estimate of drug-likeness (QED) is 0.774. The number of nitrogens with one attached hydrogen (secondary N) is 1. The summed E-state index contributed by atoms with van der Waals surface area (Å²) in [6.07, 6.45) is -2.28. The van der Waals surface area contributed by atoms with Crippen molar-refractivity contribution in [1.29, 1.82) is 0 Å². The molecule has 0 unspecified atom stereocenters. The van der Waals surface area contributed by atoms with E-state index in [0.717, 1.165) is 28.7 Å². The maximum Gasteiger partial charge on any atom is 0.492 e. The Labute approximate surface area is 160 Å². The van der Waals surface area contributed by atoms with Gasteiger partial charge in [-0.1, -0.05) is 30.3 Å². The van der Waals surface area contributed by atoms with Gasteiger partial charge in [-0.25, -0.2) is 0 Å². The van der Waals surface area contributed by atoms with Crippen LogP contribution in [0.3, 0.4) is 0 Å². The van der Waals surface area contributed by atoms with Gasteiger partial charge in [0.15, 0.2) is 0 Å². The van der Waals surface area contributed by atoms with Crippen LogP contribution in [0.5, 0.6) is 0 Å². The number of carbonyl (C=O) groups excluding carboxylic acids is 1. The van der Waals surface area contributed by atoms with Crippen LogP contribution in [0.15, 0.2) is 42.5 Å². The zero-order chi connectivity index (χ0) is 19.9. The number of rotatable bonds is 5. The molecule has 146 valence electrons. The van der Waals surface area contributed by atoms with Crippen molar-refractivity contribution in [2.75, 3.05) is 0 Å². The summed E-state index contributed by atoms with van der Waals surface area (Å²) in [7, 11) is -0.962. The Morgan fingerprint density at radius 1 is 1.18 bits per heavy atom. The third-order valence-electron chi connectivity index (χ3n) is 5.45. The number of amides is 1. The minimum atomic E-state index is -4.37. The van der Waals surface area contributed by atoms with Gasteiger partial charge in [0, 0.05) is 6.42 Å². The first-order valence-corrected chi connectivity index (χ1v) is 9.18. The average Bonchev–Trinajstić information content (AvgIpc) is 3.34. The number of hydrogen-bond acceptors (Lipinski definition) is 3. The van der Waals surface area contributed by atoms with Gasteiger partial charge in [-0.15, -0.1) is 0 Å². The maximum absolute atomic E-state index is 12.7. The van der Waals surface area contributed by atoms with Crippen molar-refractivity contribution in [3.63, 3.8) is 0 Å². The van der Waals surface area contributed by atoms with Gasteiger partial charge >= 0.3 is 13.3 Å². The Morgan fingerprint density at radius 3 is 2.54 bits per heavy atom. The lowest BCUT2D eigenvalue weighted by Gasteiger charge is -2.19. The van der Waals surface area contributed by atoms with Crippen molar-refractivity contribution in [2.24, 2.45) is 0 Å². The second kappa shape index (κ2) is 6.94. The fourth-order valence-corrected chi connectivity index (χ4v) is 3.75. The molecule has 1 fully saturated rings. The summed E-state index contributed by atoms with van der Waals surface area (Å²) < 4.78 is 43.4. The second-order valence-corrected chi connectivity index (χ2v) is 7.36. The van der Waals surface area contributed by atoms with Crippen molar-refractivity contribution >= 4 is 18.5 Å². The lowest BCUT2D eigenvalue weighted by Crippen LogP contribution is -2.36. The Kier molecular flexibility index (Phi) is 4.71. The van der Waals surface area contributed by atoms with Crippen molar-refractivity contribution in [3.8, 4) is 0 Å². The lowest BCUT2D eigenvalue weighted by atomic mass is 9.75. The van der Waals surface area contributed by atoms with Gasteiger partial charge in [-0.05, 0) is 53.5 Å². The van der Waals surface area contributed by atoms with Gasteiger partial charge < -0.3 is 15.0 Å². The fourth-order valence-electron chi connectivity index (χ4n) is 3.75. The van der Waals surface area contributed by atoms with Crippen molar-refractivity contribution in [3.05, 3.63) is 64.7 Å². The number of carbonyl (C=O) groups is 1. The predicted molar refractivity (Wildman–Crippen MR) is 97.7 cm³/mol. The van der Waals surface area contributed by atoms with E-state index in [4.69, 9.17) is 4.65 Å². The lowest BCUT2D eigenvalue weighted by molar-refractivity contribution is -0.137. The minimum absolute atomic E-state index is 0.164. The normalized spacial score (nSPS) is 17.4. The standard InChI is InChI=1S/C20H19BF3NO3/c22-20(23,24)16-7-5-15(6-8-16)19(10-11-19)25-17(26)9-4-13-2-1-3-14-12-28-21(27)18(13)14/h1-3,5-8,27H,4,9-12H2,(H,25,26). The van der Waals surface area contributed by atoms with Crippen LogP contribution in [-0.2, 0) is 34.2 Å². The first kappa shape index (κ1) is 19.0. The van der Waals surface area contributed by atoms with Crippen molar-refractivity contribution in [1.82, 2.24) is 5.32 Å². The molecule has 28 heavy (non-hydrogen) atoms. The molecular weight excluding hydrogens is 370 g/mol. The van der Waals surface area contributed by atoms with Crippen LogP contribution < -0.4 is 10.8 Å². The third kappa shape index (κ3) is 3.66. The topological polar surface area (TPSA) is 58.6 Å². The maximum atomic E-state index is 12.7. The summed E-state index contributed by atoms with van der Waals surface area (Å²) >= 11 is 0. The van der Waals surface area contributed by atoms with Gasteiger partial charge in [0.1, 0.15) is 0 Å². The minimum Gasteiger partial charge on any atom is -0.423 e. The van der Waals surface area contributed by atoms with E-state index < -0.39 is 24.4 Å². The van der Waals surface area contributed by atoms with E-state index in [0.29, 0.717) is 31.4 Å². The summed E-state index contributed by atoms with van der Waals surface area (Å²) in [5.41, 5.74) is 1.96. The van der Waals surface area contributed by atoms with Crippen LogP contribution in [-0.4, -0.2) is 18.0 Å². The zero-order valence-corrected chi connectivity index (χ0v) is 15.1. The van der Waals surface area contributed by atoms with Crippen LogP contribution in [0.25, 0.3) is 0 Å².